The zero-order valence-corrected chi connectivity index (χ0v) is 13.1. The lowest BCUT2D eigenvalue weighted by Gasteiger charge is -2.25. The van der Waals surface area contributed by atoms with Gasteiger partial charge in [-0.15, -0.1) is 0 Å². The molecule has 1 aromatic rings. The van der Waals surface area contributed by atoms with Gasteiger partial charge in [0.05, 0.1) is 16.8 Å². The van der Waals surface area contributed by atoms with E-state index >= 15 is 0 Å². The van der Waals surface area contributed by atoms with Crippen molar-refractivity contribution in [2.75, 3.05) is 0 Å². The fourth-order valence-corrected chi connectivity index (χ4v) is 3.49. The Morgan fingerprint density at radius 3 is 2.58 bits per heavy atom. The quantitative estimate of drug-likeness (QED) is 0.514. The standard InChI is InChI=1S/C16H17N3O5/c1-9-6-7-10-12(8-9)16(22)18(15(10)21)17-14(20)11-4-2-3-5-13(11)19(23)24/h2-5,9-10,12H,6-8H2,1H3,(H,17,20)/t9-,10+,12-/m1/s1. The highest BCUT2D eigenvalue weighted by molar-refractivity contribution is 6.08. The zero-order valence-electron chi connectivity index (χ0n) is 13.1. The molecule has 0 bridgehead atoms. The molecule has 126 valence electrons. The first-order chi connectivity index (χ1) is 11.4. The smallest absolute Gasteiger partial charge is 0.272 e. The van der Waals surface area contributed by atoms with Crippen LogP contribution in [0.1, 0.15) is 36.5 Å². The molecule has 3 amide bonds. The summed E-state index contributed by atoms with van der Waals surface area (Å²) in [5.74, 6) is -2.15. The van der Waals surface area contributed by atoms with Gasteiger partial charge in [0.25, 0.3) is 23.4 Å². The molecule has 0 unspecified atom stereocenters. The maximum atomic E-state index is 12.4. The Labute approximate surface area is 137 Å². The van der Waals surface area contributed by atoms with E-state index in [2.05, 4.69) is 5.43 Å². The second-order valence-corrected chi connectivity index (χ2v) is 6.36. The Kier molecular flexibility index (Phi) is 4.04. The van der Waals surface area contributed by atoms with Gasteiger partial charge in [-0.25, -0.2) is 0 Å². The van der Waals surface area contributed by atoms with Crippen LogP contribution in [0, 0.1) is 27.9 Å². The molecular formula is C16H17N3O5. The van der Waals surface area contributed by atoms with Crippen molar-refractivity contribution in [2.24, 2.45) is 17.8 Å². The van der Waals surface area contributed by atoms with Gasteiger partial charge >= 0.3 is 0 Å². The number of fused-ring (bicyclic) bond motifs is 1. The van der Waals surface area contributed by atoms with Gasteiger partial charge < -0.3 is 0 Å². The van der Waals surface area contributed by atoms with Crippen molar-refractivity contribution < 1.29 is 19.3 Å². The molecule has 0 radical (unpaired) electrons. The summed E-state index contributed by atoms with van der Waals surface area (Å²) in [6.45, 7) is 2.03. The van der Waals surface area contributed by atoms with Gasteiger partial charge in [0.15, 0.2) is 0 Å². The highest BCUT2D eigenvalue weighted by Crippen LogP contribution is 2.39. The first-order valence-corrected chi connectivity index (χ1v) is 7.82. The van der Waals surface area contributed by atoms with Crippen LogP contribution in [0.15, 0.2) is 24.3 Å². The van der Waals surface area contributed by atoms with Gasteiger partial charge in [0.1, 0.15) is 5.56 Å². The predicted octanol–water partition coefficient (Wildman–Crippen LogP) is 1.66. The van der Waals surface area contributed by atoms with Crippen molar-refractivity contribution in [3.05, 3.63) is 39.9 Å². The number of imide groups is 1. The average Bonchev–Trinajstić information content (AvgIpc) is 2.79. The summed E-state index contributed by atoms with van der Waals surface area (Å²) in [6.07, 6.45) is 2.10. The molecule has 3 rings (SSSR count). The summed E-state index contributed by atoms with van der Waals surface area (Å²) < 4.78 is 0. The van der Waals surface area contributed by atoms with Gasteiger partial charge in [-0.3, -0.25) is 29.9 Å². The Bertz CT molecular complexity index is 732. The second kappa shape index (κ2) is 6.03. The van der Waals surface area contributed by atoms with Crippen LogP contribution >= 0.6 is 0 Å². The highest BCUT2D eigenvalue weighted by Gasteiger charge is 2.50. The second-order valence-electron chi connectivity index (χ2n) is 6.36. The van der Waals surface area contributed by atoms with E-state index in [1.165, 1.54) is 24.3 Å². The average molecular weight is 331 g/mol. The molecule has 1 aliphatic carbocycles. The topological polar surface area (TPSA) is 110 Å². The van der Waals surface area contributed by atoms with Crippen LogP contribution in [0.25, 0.3) is 0 Å². The van der Waals surface area contributed by atoms with Gasteiger partial charge in [-0.05, 0) is 31.2 Å². The van der Waals surface area contributed by atoms with E-state index < -0.39 is 34.5 Å². The SMILES string of the molecule is C[C@@H]1CC[C@@H]2C(=O)N(NC(=O)c3ccccc3[N+](=O)[O-])C(=O)[C@@H]2C1. The molecule has 8 heteroatoms. The van der Waals surface area contributed by atoms with E-state index in [0.717, 1.165) is 11.4 Å². The molecule has 1 heterocycles. The maximum Gasteiger partial charge on any atom is 0.282 e. The number of para-hydroxylation sites is 1. The first kappa shape index (κ1) is 16.1. The Morgan fingerprint density at radius 2 is 1.88 bits per heavy atom. The van der Waals surface area contributed by atoms with Crippen molar-refractivity contribution in [3.63, 3.8) is 0 Å². The van der Waals surface area contributed by atoms with E-state index in [0.29, 0.717) is 18.8 Å². The molecule has 1 saturated heterocycles. The van der Waals surface area contributed by atoms with Crippen LogP contribution < -0.4 is 5.43 Å². The van der Waals surface area contributed by atoms with Gasteiger partial charge in [0, 0.05) is 6.07 Å². The van der Waals surface area contributed by atoms with E-state index in [-0.39, 0.29) is 11.3 Å². The van der Waals surface area contributed by atoms with E-state index in [1.54, 1.807) is 0 Å². The van der Waals surface area contributed by atoms with Gasteiger partial charge in [-0.1, -0.05) is 19.1 Å². The fourth-order valence-electron chi connectivity index (χ4n) is 3.49. The minimum Gasteiger partial charge on any atom is -0.272 e. The van der Waals surface area contributed by atoms with Crippen molar-refractivity contribution in [1.29, 1.82) is 0 Å². The number of carbonyl (C=O) groups excluding carboxylic acids is 3. The molecule has 8 nitrogen and oxygen atoms in total. The molecule has 1 aromatic carbocycles. The van der Waals surface area contributed by atoms with Crippen molar-refractivity contribution in [1.82, 2.24) is 10.4 Å². The van der Waals surface area contributed by atoms with Crippen molar-refractivity contribution in [2.45, 2.75) is 26.2 Å². The molecule has 1 saturated carbocycles. The van der Waals surface area contributed by atoms with E-state index in [4.69, 9.17) is 0 Å². The molecule has 2 aliphatic rings. The zero-order chi connectivity index (χ0) is 17.4. The lowest BCUT2D eigenvalue weighted by Crippen LogP contribution is -2.46. The maximum absolute atomic E-state index is 12.4. The summed E-state index contributed by atoms with van der Waals surface area (Å²) in [7, 11) is 0. The minimum atomic E-state index is -0.837. The van der Waals surface area contributed by atoms with Crippen LogP contribution in [-0.4, -0.2) is 27.7 Å². The van der Waals surface area contributed by atoms with Gasteiger partial charge in [-0.2, -0.15) is 5.01 Å². The summed E-state index contributed by atoms with van der Waals surface area (Å²) in [4.78, 5) is 47.5. The monoisotopic (exact) mass is 331 g/mol. The number of nitro groups is 1. The summed E-state index contributed by atoms with van der Waals surface area (Å²) in [5.41, 5.74) is 1.69. The number of nitrogens with zero attached hydrogens (tertiary/aromatic N) is 2. The third-order valence-corrected chi connectivity index (χ3v) is 4.75. The van der Waals surface area contributed by atoms with E-state index in [1.807, 2.05) is 6.92 Å². The fraction of sp³-hybridized carbons (Fsp3) is 0.438. The number of carbonyl (C=O) groups is 3. The Balaban J connectivity index is 1.81. The number of rotatable bonds is 3. The largest absolute Gasteiger partial charge is 0.282 e. The van der Waals surface area contributed by atoms with Crippen LogP contribution in [0.2, 0.25) is 0 Å². The minimum absolute atomic E-state index is 0.189. The summed E-state index contributed by atoms with van der Waals surface area (Å²) in [6, 6.07) is 5.41. The van der Waals surface area contributed by atoms with Gasteiger partial charge in [0.2, 0.25) is 0 Å². The molecule has 1 N–H and O–H groups in total. The molecular weight excluding hydrogens is 314 g/mol. The molecule has 0 aromatic heterocycles. The van der Waals surface area contributed by atoms with Crippen LogP contribution in [0.3, 0.4) is 0 Å². The lowest BCUT2D eigenvalue weighted by molar-refractivity contribution is -0.385. The molecule has 24 heavy (non-hydrogen) atoms. The third kappa shape index (κ3) is 2.64. The highest BCUT2D eigenvalue weighted by atomic mass is 16.6. The van der Waals surface area contributed by atoms with Crippen LogP contribution in [0.5, 0.6) is 0 Å². The summed E-state index contributed by atoms with van der Waals surface area (Å²) in [5, 5.41) is 11.8. The third-order valence-electron chi connectivity index (χ3n) is 4.75. The van der Waals surface area contributed by atoms with E-state index in [9.17, 15) is 24.5 Å². The number of hydrogen-bond donors (Lipinski definition) is 1. The number of nitrogens with one attached hydrogen (secondary N) is 1. The molecule has 2 fully saturated rings. The first-order valence-electron chi connectivity index (χ1n) is 7.82. The normalized spacial score (nSPS) is 26.2. The molecule has 0 spiro atoms. The number of hydrazine groups is 1. The van der Waals surface area contributed by atoms with Crippen molar-refractivity contribution in [3.8, 4) is 0 Å². The number of nitro benzene ring substituents is 1. The van der Waals surface area contributed by atoms with Crippen molar-refractivity contribution >= 4 is 23.4 Å². The number of benzene rings is 1. The number of amides is 3. The predicted molar refractivity (Wildman–Crippen MR) is 82.4 cm³/mol. The summed E-state index contributed by atoms with van der Waals surface area (Å²) >= 11 is 0. The number of hydrogen-bond acceptors (Lipinski definition) is 5. The lowest BCUT2D eigenvalue weighted by atomic mass is 9.76. The molecule has 1 aliphatic heterocycles. The Morgan fingerprint density at radius 1 is 1.21 bits per heavy atom. The van der Waals surface area contributed by atoms with Crippen LogP contribution in [0.4, 0.5) is 5.69 Å². The van der Waals surface area contributed by atoms with Crippen LogP contribution in [-0.2, 0) is 9.59 Å². The Hall–Kier alpha value is -2.77. The molecule has 3 atom stereocenters.